The number of hydrogen-bond acceptors (Lipinski definition) is 3. The molecule has 150 valence electrons. The van der Waals surface area contributed by atoms with Crippen molar-refractivity contribution in [2.45, 2.75) is 19.3 Å². The molecule has 1 amide bonds. The number of carbonyl (C=O) groups excluding carboxylic acids is 1. The monoisotopic (exact) mass is 391 g/mol. The summed E-state index contributed by atoms with van der Waals surface area (Å²) in [6.45, 7) is 2.05. The Morgan fingerprint density at radius 3 is 1.83 bits per heavy atom. The van der Waals surface area contributed by atoms with Crippen LogP contribution in [0.15, 0.2) is 78.9 Å². The fourth-order valence-electron chi connectivity index (χ4n) is 2.74. The molecule has 1 unspecified atom stereocenters. The number of carboxylic acid groups (broad SMARTS) is 1. The zero-order valence-electron chi connectivity index (χ0n) is 16.5. The molecule has 0 saturated heterocycles. The number of phenols is 1. The van der Waals surface area contributed by atoms with E-state index in [9.17, 15) is 14.7 Å². The summed E-state index contributed by atoms with van der Waals surface area (Å²) in [6, 6.07) is 23.6. The van der Waals surface area contributed by atoms with E-state index in [4.69, 9.17) is 5.11 Å². The highest BCUT2D eigenvalue weighted by molar-refractivity contribution is 5.87. The molecular weight excluding hydrogens is 366 g/mol. The minimum atomic E-state index is -0.879. The summed E-state index contributed by atoms with van der Waals surface area (Å²) in [4.78, 5) is 21.6. The molecule has 3 aromatic rings. The van der Waals surface area contributed by atoms with Gasteiger partial charge in [-0.1, -0.05) is 61.5 Å². The van der Waals surface area contributed by atoms with Crippen LogP contribution in [0.5, 0.6) is 5.75 Å². The Balaban J connectivity index is 0.000000278. The maximum Gasteiger partial charge on any atom is 0.335 e. The second kappa shape index (κ2) is 10.7. The molecular formula is C24H25NO4. The van der Waals surface area contributed by atoms with E-state index in [1.54, 1.807) is 49.5 Å². The molecule has 0 aliphatic rings. The third-order valence-corrected chi connectivity index (χ3v) is 4.47. The van der Waals surface area contributed by atoms with Crippen molar-refractivity contribution in [3.63, 3.8) is 0 Å². The van der Waals surface area contributed by atoms with Crippen molar-refractivity contribution < 1.29 is 19.8 Å². The first-order valence-corrected chi connectivity index (χ1v) is 9.29. The number of nitrogens with one attached hydrogen (secondary N) is 1. The summed E-state index contributed by atoms with van der Waals surface area (Å²) in [5.74, 6) is -0.357. The first kappa shape index (κ1) is 21.7. The molecule has 5 nitrogen and oxygen atoms in total. The van der Waals surface area contributed by atoms with Crippen LogP contribution in [-0.2, 0) is 4.79 Å². The fraction of sp³-hybridized carbons (Fsp3) is 0.167. The Labute approximate surface area is 170 Å². The Bertz CT molecular complexity index is 919. The third-order valence-electron chi connectivity index (χ3n) is 4.47. The lowest BCUT2D eigenvalue weighted by Gasteiger charge is -2.11. The van der Waals surface area contributed by atoms with Crippen LogP contribution in [-0.4, -0.2) is 29.1 Å². The van der Waals surface area contributed by atoms with Crippen LogP contribution < -0.4 is 5.32 Å². The number of carboxylic acids is 1. The Kier molecular flexibility index (Phi) is 7.98. The van der Waals surface area contributed by atoms with Gasteiger partial charge in [0.1, 0.15) is 5.75 Å². The predicted octanol–water partition coefficient (Wildman–Crippen LogP) is 4.68. The number of aromatic carboxylic acids is 1. The van der Waals surface area contributed by atoms with Gasteiger partial charge in [0.25, 0.3) is 0 Å². The van der Waals surface area contributed by atoms with Crippen molar-refractivity contribution in [1.29, 1.82) is 0 Å². The van der Waals surface area contributed by atoms with Crippen LogP contribution in [0.4, 0.5) is 0 Å². The van der Waals surface area contributed by atoms with E-state index in [1.807, 2.05) is 31.2 Å². The molecule has 3 N–H and O–H groups in total. The van der Waals surface area contributed by atoms with Gasteiger partial charge < -0.3 is 15.5 Å². The fourth-order valence-corrected chi connectivity index (χ4v) is 2.74. The molecule has 0 radical (unpaired) electrons. The highest BCUT2D eigenvalue weighted by Gasteiger charge is 2.10. The normalized spacial score (nSPS) is 11.0. The second-order valence-corrected chi connectivity index (χ2v) is 6.62. The van der Waals surface area contributed by atoms with Gasteiger partial charge in [0, 0.05) is 13.5 Å². The van der Waals surface area contributed by atoms with Gasteiger partial charge in [-0.3, -0.25) is 4.79 Å². The third kappa shape index (κ3) is 6.81. The summed E-state index contributed by atoms with van der Waals surface area (Å²) < 4.78 is 0. The van der Waals surface area contributed by atoms with Gasteiger partial charge in [-0.2, -0.15) is 0 Å². The van der Waals surface area contributed by atoms with Gasteiger partial charge in [0.15, 0.2) is 0 Å². The lowest BCUT2D eigenvalue weighted by molar-refractivity contribution is -0.120. The molecule has 0 heterocycles. The molecule has 3 rings (SSSR count). The molecule has 3 aromatic carbocycles. The van der Waals surface area contributed by atoms with Gasteiger partial charge in [-0.15, -0.1) is 0 Å². The maximum absolute atomic E-state index is 11.4. The van der Waals surface area contributed by atoms with Crippen molar-refractivity contribution in [3.05, 3.63) is 90.0 Å². The molecule has 5 heteroatoms. The predicted molar refractivity (Wildman–Crippen MR) is 114 cm³/mol. The summed E-state index contributed by atoms with van der Waals surface area (Å²) in [6.07, 6.45) is 0.495. The highest BCUT2D eigenvalue weighted by Crippen LogP contribution is 2.25. The van der Waals surface area contributed by atoms with E-state index < -0.39 is 5.97 Å². The molecule has 0 saturated carbocycles. The molecule has 0 aliphatic heterocycles. The molecule has 0 bridgehead atoms. The second-order valence-electron chi connectivity index (χ2n) is 6.62. The molecule has 0 aliphatic carbocycles. The van der Waals surface area contributed by atoms with Crippen LogP contribution in [0.3, 0.4) is 0 Å². The van der Waals surface area contributed by atoms with Crippen LogP contribution in [0.1, 0.15) is 35.2 Å². The van der Waals surface area contributed by atoms with Crippen LogP contribution in [0.25, 0.3) is 11.1 Å². The van der Waals surface area contributed by atoms with E-state index in [2.05, 4.69) is 17.4 Å². The number of rotatable bonds is 5. The van der Waals surface area contributed by atoms with Gasteiger partial charge in [-0.05, 0) is 46.9 Å². The molecule has 29 heavy (non-hydrogen) atoms. The van der Waals surface area contributed by atoms with E-state index in [0.717, 1.165) is 16.7 Å². The van der Waals surface area contributed by atoms with E-state index in [0.29, 0.717) is 12.0 Å². The average Bonchev–Trinajstić information content (AvgIpc) is 2.75. The van der Waals surface area contributed by atoms with E-state index in [-0.39, 0.29) is 17.6 Å². The summed E-state index contributed by atoms with van der Waals surface area (Å²) in [5, 5.41) is 20.3. The molecule has 0 aromatic heterocycles. The van der Waals surface area contributed by atoms with Crippen molar-refractivity contribution in [3.8, 4) is 16.9 Å². The van der Waals surface area contributed by atoms with Crippen molar-refractivity contribution in [2.75, 3.05) is 7.05 Å². The smallest absolute Gasteiger partial charge is 0.335 e. The highest BCUT2D eigenvalue weighted by atomic mass is 16.4. The Morgan fingerprint density at radius 2 is 1.38 bits per heavy atom. The van der Waals surface area contributed by atoms with Crippen LogP contribution in [0.2, 0.25) is 0 Å². The quantitative estimate of drug-likeness (QED) is 0.589. The molecule has 1 atom stereocenters. The van der Waals surface area contributed by atoms with Gasteiger partial charge in [0.05, 0.1) is 5.56 Å². The summed E-state index contributed by atoms with van der Waals surface area (Å²) in [7, 11) is 1.66. The van der Waals surface area contributed by atoms with Crippen molar-refractivity contribution >= 4 is 11.9 Å². The zero-order valence-corrected chi connectivity index (χ0v) is 16.5. The zero-order chi connectivity index (χ0) is 21.2. The van der Waals surface area contributed by atoms with E-state index in [1.165, 1.54) is 0 Å². The number of aromatic hydroxyl groups is 1. The number of amides is 1. The topological polar surface area (TPSA) is 86.6 Å². The Hall–Kier alpha value is -3.60. The van der Waals surface area contributed by atoms with Gasteiger partial charge in [0.2, 0.25) is 5.91 Å². The minimum absolute atomic E-state index is 0.0557. The van der Waals surface area contributed by atoms with Gasteiger partial charge in [-0.25, -0.2) is 4.79 Å². The molecule has 0 fully saturated rings. The number of phenolic OH excluding ortho intramolecular Hbond substituents is 1. The van der Waals surface area contributed by atoms with Gasteiger partial charge >= 0.3 is 5.97 Å². The number of hydrogen-bond donors (Lipinski definition) is 3. The van der Waals surface area contributed by atoms with Crippen molar-refractivity contribution in [1.82, 2.24) is 5.32 Å². The Morgan fingerprint density at radius 1 is 0.862 bits per heavy atom. The first-order chi connectivity index (χ1) is 13.9. The maximum atomic E-state index is 11.4. The molecule has 0 spiro atoms. The largest absolute Gasteiger partial charge is 0.508 e. The number of benzene rings is 3. The number of carbonyl (C=O) groups is 2. The van der Waals surface area contributed by atoms with Crippen molar-refractivity contribution in [2.24, 2.45) is 0 Å². The van der Waals surface area contributed by atoms with Crippen LogP contribution in [0, 0.1) is 0 Å². The van der Waals surface area contributed by atoms with E-state index >= 15 is 0 Å². The SMILES string of the molecule is CNC(=O)CC(C)c1ccc(-c2ccc(O)cc2)cc1.O=C(O)c1ccccc1. The minimum Gasteiger partial charge on any atom is -0.508 e. The summed E-state index contributed by atoms with van der Waals surface area (Å²) in [5.41, 5.74) is 3.64. The van der Waals surface area contributed by atoms with Crippen LogP contribution >= 0.6 is 0 Å². The first-order valence-electron chi connectivity index (χ1n) is 9.29. The lowest BCUT2D eigenvalue weighted by Crippen LogP contribution is -2.19. The lowest BCUT2D eigenvalue weighted by atomic mass is 9.95. The standard InChI is InChI=1S/C17H19NO2.C7H6O2/c1-12(11-17(20)18-2)13-3-5-14(6-4-13)15-7-9-16(19)10-8-15;8-7(9)6-4-2-1-3-5-6/h3-10,12,19H,11H2,1-2H3,(H,18,20);1-5H,(H,8,9). The summed E-state index contributed by atoms with van der Waals surface area (Å²) >= 11 is 0. The average molecular weight is 391 g/mol.